The van der Waals surface area contributed by atoms with E-state index in [0.717, 1.165) is 5.13 Å². The molecule has 0 radical (unpaired) electrons. The Balaban J connectivity index is 1.50. The zero-order chi connectivity index (χ0) is 22.9. The number of hydrogen-bond donors (Lipinski definition) is 0. The van der Waals surface area contributed by atoms with Crippen molar-refractivity contribution in [3.63, 3.8) is 0 Å². The standard InChI is InChI=1S/C21H21ClFN3O4S2/c1-29-17-3-4-19(30-2)20(12-17)32(27,28)26-7-5-25(6-8-26)21-24-18(13-31-21)14-9-15(22)11-16(23)10-14/h3-4,9-13H,5-8H2,1-2H3. The number of hydrogen-bond acceptors (Lipinski definition) is 7. The maximum atomic E-state index is 13.7. The molecule has 1 aromatic heterocycles. The zero-order valence-electron chi connectivity index (χ0n) is 17.4. The van der Waals surface area contributed by atoms with Crippen molar-refractivity contribution in [2.45, 2.75) is 4.90 Å². The quantitative estimate of drug-likeness (QED) is 0.510. The molecule has 0 bridgehead atoms. The van der Waals surface area contributed by atoms with Crippen molar-refractivity contribution in [2.24, 2.45) is 0 Å². The minimum atomic E-state index is -3.76. The molecule has 11 heteroatoms. The third kappa shape index (κ3) is 4.54. The van der Waals surface area contributed by atoms with E-state index in [1.54, 1.807) is 18.2 Å². The average Bonchev–Trinajstić information content (AvgIpc) is 3.28. The smallest absolute Gasteiger partial charge is 0.247 e. The van der Waals surface area contributed by atoms with E-state index < -0.39 is 15.8 Å². The van der Waals surface area contributed by atoms with E-state index in [1.165, 1.54) is 48.1 Å². The third-order valence-electron chi connectivity index (χ3n) is 5.15. The Bertz CT molecular complexity index is 1210. The molecule has 4 rings (SSSR count). The molecule has 1 aliphatic rings. The molecule has 0 atom stereocenters. The van der Waals surface area contributed by atoms with Gasteiger partial charge in [-0.15, -0.1) is 11.3 Å². The Morgan fingerprint density at radius 3 is 2.47 bits per heavy atom. The van der Waals surface area contributed by atoms with E-state index in [9.17, 15) is 12.8 Å². The third-order valence-corrected chi connectivity index (χ3v) is 8.19. The van der Waals surface area contributed by atoms with Crippen LogP contribution in [0.1, 0.15) is 0 Å². The number of rotatable bonds is 6. The van der Waals surface area contributed by atoms with Gasteiger partial charge in [-0.05, 0) is 30.3 Å². The number of piperazine rings is 1. The van der Waals surface area contributed by atoms with Crippen molar-refractivity contribution in [3.8, 4) is 22.8 Å². The van der Waals surface area contributed by atoms with E-state index in [2.05, 4.69) is 4.98 Å². The molecule has 3 aromatic rings. The summed E-state index contributed by atoms with van der Waals surface area (Å²) in [6, 6.07) is 9.00. The first-order valence-corrected chi connectivity index (χ1v) is 12.4. The molecule has 2 aromatic carbocycles. The van der Waals surface area contributed by atoms with Gasteiger partial charge in [-0.3, -0.25) is 0 Å². The van der Waals surface area contributed by atoms with E-state index >= 15 is 0 Å². The van der Waals surface area contributed by atoms with Crippen molar-refractivity contribution in [1.29, 1.82) is 0 Å². The Morgan fingerprint density at radius 1 is 1.06 bits per heavy atom. The second-order valence-corrected chi connectivity index (χ2v) is 10.3. The predicted octanol–water partition coefficient (Wildman–Crippen LogP) is 4.13. The molecule has 0 N–H and O–H groups in total. The molecule has 2 heterocycles. The van der Waals surface area contributed by atoms with Gasteiger partial charge in [-0.2, -0.15) is 4.31 Å². The highest BCUT2D eigenvalue weighted by Crippen LogP contribution is 2.33. The fourth-order valence-electron chi connectivity index (χ4n) is 3.49. The summed E-state index contributed by atoms with van der Waals surface area (Å²) in [5, 5.41) is 2.89. The van der Waals surface area contributed by atoms with Gasteiger partial charge in [0.2, 0.25) is 10.0 Å². The Morgan fingerprint density at radius 2 is 1.81 bits per heavy atom. The zero-order valence-corrected chi connectivity index (χ0v) is 19.8. The van der Waals surface area contributed by atoms with Crippen LogP contribution >= 0.6 is 22.9 Å². The molecule has 0 saturated carbocycles. The van der Waals surface area contributed by atoms with Gasteiger partial charge in [0.1, 0.15) is 22.2 Å². The van der Waals surface area contributed by atoms with E-state index in [0.29, 0.717) is 48.2 Å². The number of thiazole rings is 1. The molecule has 170 valence electrons. The van der Waals surface area contributed by atoms with Gasteiger partial charge in [0.15, 0.2) is 5.13 Å². The van der Waals surface area contributed by atoms with Gasteiger partial charge in [0.05, 0.1) is 19.9 Å². The molecule has 0 unspecified atom stereocenters. The number of methoxy groups -OCH3 is 2. The van der Waals surface area contributed by atoms with Crippen LogP contribution in [0.15, 0.2) is 46.7 Å². The van der Waals surface area contributed by atoms with Crippen LogP contribution in [0.3, 0.4) is 0 Å². The van der Waals surface area contributed by atoms with Gasteiger partial charge in [0.25, 0.3) is 0 Å². The van der Waals surface area contributed by atoms with Crippen LogP contribution in [0.25, 0.3) is 11.3 Å². The van der Waals surface area contributed by atoms with Crippen LogP contribution in [0, 0.1) is 5.82 Å². The molecule has 1 fully saturated rings. The summed E-state index contributed by atoms with van der Waals surface area (Å²) in [7, 11) is -0.844. The Kier molecular flexibility index (Phi) is 6.57. The largest absolute Gasteiger partial charge is 0.497 e. The topological polar surface area (TPSA) is 72.0 Å². The highest BCUT2D eigenvalue weighted by atomic mass is 35.5. The molecule has 1 saturated heterocycles. The van der Waals surface area contributed by atoms with Crippen molar-refractivity contribution >= 4 is 38.1 Å². The van der Waals surface area contributed by atoms with Gasteiger partial charge in [0, 0.05) is 48.2 Å². The Hall–Kier alpha value is -2.40. The second kappa shape index (κ2) is 9.22. The number of halogens is 2. The predicted molar refractivity (Wildman–Crippen MR) is 123 cm³/mol. The summed E-state index contributed by atoms with van der Waals surface area (Å²) in [6.07, 6.45) is 0. The highest BCUT2D eigenvalue weighted by molar-refractivity contribution is 7.89. The number of ether oxygens (including phenoxy) is 2. The first-order valence-electron chi connectivity index (χ1n) is 9.71. The van der Waals surface area contributed by atoms with E-state index in [4.69, 9.17) is 21.1 Å². The SMILES string of the molecule is COc1ccc(OC)c(S(=O)(=O)N2CCN(c3nc(-c4cc(F)cc(Cl)c4)cs3)CC2)c1. The van der Waals surface area contributed by atoms with Crippen LogP contribution < -0.4 is 14.4 Å². The fourth-order valence-corrected chi connectivity index (χ4v) is 6.19. The Labute approximate surface area is 195 Å². The number of benzene rings is 2. The van der Waals surface area contributed by atoms with Crippen molar-refractivity contribution in [2.75, 3.05) is 45.3 Å². The van der Waals surface area contributed by atoms with E-state index in [-0.39, 0.29) is 10.6 Å². The molecule has 7 nitrogen and oxygen atoms in total. The summed E-state index contributed by atoms with van der Waals surface area (Å²) < 4.78 is 52.0. The molecule has 0 spiro atoms. The lowest BCUT2D eigenvalue weighted by Crippen LogP contribution is -2.48. The first-order chi connectivity index (χ1) is 15.3. The van der Waals surface area contributed by atoms with Gasteiger partial charge < -0.3 is 14.4 Å². The summed E-state index contributed by atoms with van der Waals surface area (Å²) >= 11 is 7.37. The van der Waals surface area contributed by atoms with Crippen LogP contribution in [0.4, 0.5) is 9.52 Å². The summed E-state index contributed by atoms with van der Waals surface area (Å²) in [5.74, 6) is 0.288. The number of anilines is 1. The molecule has 0 aliphatic carbocycles. The maximum Gasteiger partial charge on any atom is 0.247 e. The summed E-state index contributed by atoms with van der Waals surface area (Å²) in [5.41, 5.74) is 1.23. The number of sulfonamides is 1. The lowest BCUT2D eigenvalue weighted by molar-refractivity contribution is 0.370. The average molecular weight is 498 g/mol. The van der Waals surface area contributed by atoms with Gasteiger partial charge >= 0.3 is 0 Å². The number of nitrogens with zero attached hydrogens (tertiary/aromatic N) is 3. The highest BCUT2D eigenvalue weighted by Gasteiger charge is 2.32. The minimum Gasteiger partial charge on any atom is -0.497 e. The summed E-state index contributed by atoms with van der Waals surface area (Å²) in [6.45, 7) is 1.54. The second-order valence-electron chi connectivity index (χ2n) is 7.08. The van der Waals surface area contributed by atoms with Crippen LogP contribution in [-0.2, 0) is 10.0 Å². The normalized spacial score (nSPS) is 15.1. The molecule has 1 aliphatic heterocycles. The monoisotopic (exact) mass is 497 g/mol. The lowest BCUT2D eigenvalue weighted by atomic mass is 10.2. The molecular formula is C21H21ClFN3O4S2. The summed E-state index contributed by atoms with van der Waals surface area (Å²) in [4.78, 5) is 6.69. The molecule has 32 heavy (non-hydrogen) atoms. The first kappa shape index (κ1) is 22.8. The van der Waals surface area contributed by atoms with Crippen LogP contribution in [-0.4, -0.2) is 58.1 Å². The molecular weight excluding hydrogens is 477 g/mol. The van der Waals surface area contributed by atoms with Gasteiger partial charge in [-0.1, -0.05) is 11.6 Å². The van der Waals surface area contributed by atoms with Crippen molar-refractivity contribution < 1.29 is 22.3 Å². The van der Waals surface area contributed by atoms with Crippen LogP contribution in [0.5, 0.6) is 11.5 Å². The van der Waals surface area contributed by atoms with E-state index in [1.807, 2.05) is 10.3 Å². The minimum absolute atomic E-state index is 0.0762. The van der Waals surface area contributed by atoms with Crippen molar-refractivity contribution in [1.82, 2.24) is 9.29 Å². The molecule has 0 amide bonds. The van der Waals surface area contributed by atoms with Gasteiger partial charge in [-0.25, -0.2) is 17.8 Å². The lowest BCUT2D eigenvalue weighted by Gasteiger charge is -2.34. The fraction of sp³-hybridized carbons (Fsp3) is 0.286. The van der Waals surface area contributed by atoms with Crippen molar-refractivity contribution in [3.05, 3.63) is 52.6 Å². The number of aromatic nitrogens is 1. The maximum absolute atomic E-state index is 13.7. The van der Waals surface area contributed by atoms with Crippen LogP contribution in [0.2, 0.25) is 5.02 Å².